The number of piperidine rings is 1. The van der Waals surface area contributed by atoms with E-state index in [1.807, 2.05) is 0 Å². The Bertz CT molecular complexity index is 841. The van der Waals surface area contributed by atoms with Gasteiger partial charge in [0.15, 0.2) is 4.75 Å². The second-order valence-electron chi connectivity index (χ2n) is 12.2. The number of carbonyl (C=O) groups is 1. The molecular weight excluding hydrogens is 526 g/mol. The lowest BCUT2D eigenvalue weighted by atomic mass is 9.92. The Labute approximate surface area is 226 Å². The van der Waals surface area contributed by atoms with Crippen molar-refractivity contribution >= 4 is 16.0 Å². The minimum absolute atomic E-state index is 0.0968. The maximum absolute atomic E-state index is 13.7. The molecule has 2 fully saturated rings. The summed E-state index contributed by atoms with van der Waals surface area (Å²) < 4.78 is 89.4. The van der Waals surface area contributed by atoms with Crippen LogP contribution in [0, 0.1) is 5.92 Å². The van der Waals surface area contributed by atoms with Crippen LogP contribution < -0.4 is 0 Å². The molecular formula is C27H47F4NO5S. The van der Waals surface area contributed by atoms with Crippen LogP contribution in [0.2, 0.25) is 0 Å². The molecule has 224 valence electrons. The predicted molar refractivity (Wildman–Crippen MR) is 139 cm³/mol. The van der Waals surface area contributed by atoms with Crippen LogP contribution >= 0.6 is 0 Å². The third-order valence-corrected chi connectivity index (χ3v) is 10.4. The van der Waals surface area contributed by atoms with Crippen LogP contribution in [0.3, 0.4) is 0 Å². The lowest BCUT2D eigenvalue weighted by molar-refractivity contribution is -0.226. The Morgan fingerprint density at radius 1 is 0.895 bits per heavy atom. The van der Waals surface area contributed by atoms with Crippen LogP contribution in [0.5, 0.6) is 0 Å². The zero-order valence-corrected chi connectivity index (χ0v) is 24.3. The molecule has 0 N–H and O–H groups in total. The van der Waals surface area contributed by atoms with Crippen molar-refractivity contribution < 1.29 is 40.2 Å². The molecule has 0 aromatic carbocycles. The summed E-state index contributed by atoms with van der Waals surface area (Å²) in [7, 11) is -3.91. The zero-order valence-electron chi connectivity index (χ0n) is 23.5. The predicted octanol–water partition coefficient (Wildman–Crippen LogP) is 6.72. The smallest absolute Gasteiger partial charge is 0.422 e. The summed E-state index contributed by atoms with van der Waals surface area (Å²) in [6, 6.07) is 0. The number of alkyl halides is 4. The summed E-state index contributed by atoms with van der Waals surface area (Å²) in [6.07, 6.45) is 2.98. The number of esters is 1. The molecule has 2 aliphatic heterocycles. The third-order valence-electron chi connectivity index (χ3n) is 7.83. The number of nitrogens with zero attached hydrogens (tertiary/aromatic N) is 1. The monoisotopic (exact) mass is 573 g/mol. The van der Waals surface area contributed by atoms with Crippen LogP contribution in [-0.2, 0) is 24.3 Å². The number of hydrogen-bond acceptors (Lipinski definition) is 5. The summed E-state index contributed by atoms with van der Waals surface area (Å²) in [5.41, 5.74) is -3.89. The summed E-state index contributed by atoms with van der Waals surface area (Å²) >= 11 is 0. The molecule has 0 aromatic rings. The maximum atomic E-state index is 13.7. The van der Waals surface area contributed by atoms with E-state index >= 15 is 0 Å². The van der Waals surface area contributed by atoms with Gasteiger partial charge in [0, 0.05) is 39.1 Å². The number of sulfonamides is 1. The van der Waals surface area contributed by atoms with Gasteiger partial charge in [0.25, 0.3) is 0 Å². The molecule has 0 radical (unpaired) electrons. The van der Waals surface area contributed by atoms with E-state index in [0.717, 1.165) is 51.4 Å². The molecule has 0 aliphatic carbocycles. The molecule has 0 saturated carbocycles. The number of carbonyl (C=O) groups excluding carboxylic acids is 1. The normalized spacial score (nSPS) is 21.7. The maximum Gasteiger partial charge on any atom is 0.422 e. The van der Waals surface area contributed by atoms with E-state index in [1.165, 1.54) is 4.31 Å². The van der Waals surface area contributed by atoms with Crippen molar-refractivity contribution in [1.29, 1.82) is 0 Å². The largest absolute Gasteiger partial charge is 0.459 e. The summed E-state index contributed by atoms with van der Waals surface area (Å²) in [4.78, 5) is 13.1. The molecule has 1 atom stereocenters. The Morgan fingerprint density at radius 3 is 1.89 bits per heavy atom. The van der Waals surface area contributed by atoms with Crippen molar-refractivity contribution in [3.05, 3.63) is 0 Å². The first-order chi connectivity index (χ1) is 17.5. The first-order valence-corrected chi connectivity index (χ1v) is 15.5. The molecule has 2 heterocycles. The van der Waals surface area contributed by atoms with Gasteiger partial charge in [-0.25, -0.2) is 17.1 Å². The first kappa shape index (κ1) is 33.3. The van der Waals surface area contributed by atoms with Crippen LogP contribution in [0.4, 0.5) is 17.6 Å². The van der Waals surface area contributed by atoms with Crippen molar-refractivity contribution in [2.24, 2.45) is 5.92 Å². The molecule has 0 amide bonds. The Morgan fingerprint density at radius 2 is 1.39 bits per heavy atom. The standard InChI is InChI=1S/C27H47F4NO5S/c1-24(2,3)37-23(33)26(16-20-36-21-17-26)38(34,35)32-18-13-22(14-19-32)12-10-8-6-5-7-9-11-15-25(4,28)27(29,30)31/h22H,5-21H2,1-4H3. The van der Waals surface area contributed by atoms with E-state index in [2.05, 4.69) is 0 Å². The summed E-state index contributed by atoms with van der Waals surface area (Å²) in [6.45, 7) is 7.00. The number of halogens is 4. The quantitative estimate of drug-likeness (QED) is 0.139. The van der Waals surface area contributed by atoms with E-state index < -0.39 is 44.6 Å². The minimum atomic E-state index is -4.81. The molecule has 1 unspecified atom stereocenters. The molecule has 2 saturated heterocycles. The lowest BCUT2D eigenvalue weighted by Gasteiger charge is -2.41. The lowest BCUT2D eigenvalue weighted by Crippen LogP contribution is -2.59. The highest BCUT2D eigenvalue weighted by molar-refractivity contribution is 7.91. The molecule has 0 aromatic heterocycles. The minimum Gasteiger partial charge on any atom is -0.459 e. The van der Waals surface area contributed by atoms with Gasteiger partial charge in [-0.3, -0.25) is 4.79 Å². The van der Waals surface area contributed by atoms with E-state index in [0.29, 0.717) is 32.4 Å². The fourth-order valence-corrected chi connectivity index (χ4v) is 7.36. The van der Waals surface area contributed by atoms with Crippen LogP contribution in [0.25, 0.3) is 0 Å². The second kappa shape index (κ2) is 13.6. The van der Waals surface area contributed by atoms with Gasteiger partial charge in [-0.15, -0.1) is 0 Å². The van der Waals surface area contributed by atoms with Crippen LogP contribution in [0.15, 0.2) is 0 Å². The molecule has 2 rings (SSSR count). The second-order valence-corrected chi connectivity index (χ2v) is 14.4. The highest BCUT2D eigenvalue weighted by Gasteiger charge is 2.56. The van der Waals surface area contributed by atoms with E-state index in [1.54, 1.807) is 20.8 Å². The Hall–Kier alpha value is -0.940. The van der Waals surface area contributed by atoms with Crippen molar-refractivity contribution in [1.82, 2.24) is 4.31 Å². The van der Waals surface area contributed by atoms with Gasteiger partial charge >= 0.3 is 12.1 Å². The van der Waals surface area contributed by atoms with Gasteiger partial charge in [0.05, 0.1) is 0 Å². The van der Waals surface area contributed by atoms with Gasteiger partial charge in [-0.1, -0.05) is 44.9 Å². The highest BCUT2D eigenvalue weighted by atomic mass is 32.2. The SMILES string of the molecule is CC(C)(C)OC(=O)C1(S(=O)(=O)N2CCC(CCCCCCCCCC(C)(F)C(F)(F)F)CC2)CCOCC1. The van der Waals surface area contributed by atoms with E-state index in [-0.39, 0.29) is 32.5 Å². The topological polar surface area (TPSA) is 72.9 Å². The molecule has 0 bridgehead atoms. The average molecular weight is 574 g/mol. The summed E-state index contributed by atoms with van der Waals surface area (Å²) in [5.74, 6) is -0.257. The summed E-state index contributed by atoms with van der Waals surface area (Å²) in [5, 5.41) is 0. The molecule has 2 aliphatic rings. The number of unbranched alkanes of at least 4 members (excludes halogenated alkanes) is 6. The van der Waals surface area contributed by atoms with Gasteiger partial charge < -0.3 is 9.47 Å². The van der Waals surface area contributed by atoms with Crippen molar-refractivity contribution in [3.8, 4) is 0 Å². The zero-order chi connectivity index (χ0) is 28.7. The number of hydrogen-bond donors (Lipinski definition) is 0. The van der Waals surface area contributed by atoms with Crippen molar-refractivity contribution in [3.63, 3.8) is 0 Å². The first-order valence-electron chi connectivity index (χ1n) is 14.1. The highest BCUT2D eigenvalue weighted by Crippen LogP contribution is 2.38. The molecule has 11 heteroatoms. The van der Waals surface area contributed by atoms with Crippen LogP contribution in [0.1, 0.15) is 111 Å². The van der Waals surface area contributed by atoms with Gasteiger partial charge in [0.2, 0.25) is 15.7 Å². The third kappa shape index (κ3) is 9.04. The molecule has 6 nitrogen and oxygen atoms in total. The van der Waals surface area contributed by atoms with Crippen LogP contribution in [-0.4, -0.2) is 67.2 Å². The Kier molecular flexibility index (Phi) is 11.9. The van der Waals surface area contributed by atoms with Gasteiger partial charge in [-0.05, 0) is 59.3 Å². The van der Waals surface area contributed by atoms with E-state index in [4.69, 9.17) is 9.47 Å². The van der Waals surface area contributed by atoms with Gasteiger partial charge in [0.1, 0.15) is 5.60 Å². The fourth-order valence-electron chi connectivity index (χ4n) is 5.24. The van der Waals surface area contributed by atoms with Crippen molar-refractivity contribution in [2.45, 2.75) is 133 Å². The molecule has 0 spiro atoms. The number of ether oxygens (including phenoxy) is 2. The molecule has 38 heavy (non-hydrogen) atoms. The van der Waals surface area contributed by atoms with Crippen molar-refractivity contribution in [2.75, 3.05) is 26.3 Å². The Balaban J connectivity index is 1.71. The van der Waals surface area contributed by atoms with E-state index in [9.17, 15) is 30.8 Å². The average Bonchev–Trinajstić information content (AvgIpc) is 2.81. The fraction of sp³-hybridized carbons (Fsp3) is 0.963. The number of rotatable bonds is 13. The van der Waals surface area contributed by atoms with Gasteiger partial charge in [-0.2, -0.15) is 13.2 Å².